The largest absolute Gasteiger partial charge is 0.399 e. The van der Waals surface area contributed by atoms with Gasteiger partial charge in [0.25, 0.3) is 0 Å². The quantitative estimate of drug-likeness (QED) is 0.0997. The normalized spacial score (nSPS) is 11.2. The lowest BCUT2D eigenvalue weighted by Crippen LogP contribution is -1.97. The first-order chi connectivity index (χ1) is 20.5. The van der Waals surface area contributed by atoms with Crippen molar-refractivity contribution < 1.29 is 0 Å². The van der Waals surface area contributed by atoms with Gasteiger partial charge in [0.2, 0.25) is 0 Å². The Hall–Kier alpha value is -3.52. The van der Waals surface area contributed by atoms with Crippen molar-refractivity contribution in [1.82, 2.24) is 0 Å². The molecule has 0 aliphatic heterocycles. The Balaban J connectivity index is 1.04. The second kappa shape index (κ2) is 16.8. The van der Waals surface area contributed by atoms with Crippen LogP contribution in [0.5, 0.6) is 0 Å². The fraction of sp³-hybridized carbons (Fsp3) is 0.400. The van der Waals surface area contributed by atoms with Gasteiger partial charge in [-0.05, 0) is 120 Å². The summed E-state index contributed by atoms with van der Waals surface area (Å²) in [7, 11) is 0. The maximum atomic E-state index is 5.97. The van der Waals surface area contributed by atoms with E-state index in [4.69, 9.17) is 11.5 Å². The van der Waals surface area contributed by atoms with Crippen LogP contribution in [0.4, 0.5) is 11.4 Å². The fourth-order valence-corrected chi connectivity index (χ4v) is 6.10. The Morgan fingerprint density at radius 3 is 1.07 bits per heavy atom. The zero-order valence-corrected chi connectivity index (χ0v) is 26.1. The van der Waals surface area contributed by atoms with E-state index in [0.29, 0.717) is 0 Å². The van der Waals surface area contributed by atoms with Gasteiger partial charge in [-0.1, -0.05) is 113 Å². The van der Waals surface area contributed by atoms with E-state index in [9.17, 15) is 0 Å². The van der Waals surface area contributed by atoms with Crippen molar-refractivity contribution >= 4 is 11.4 Å². The average molecular weight is 561 g/mol. The summed E-state index contributed by atoms with van der Waals surface area (Å²) in [4.78, 5) is 0. The Bertz CT molecular complexity index is 1240. The molecule has 0 unspecified atom stereocenters. The van der Waals surface area contributed by atoms with Crippen molar-refractivity contribution in [2.75, 3.05) is 11.5 Å². The molecule has 0 fully saturated rings. The van der Waals surface area contributed by atoms with E-state index in [-0.39, 0.29) is 0 Å². The smallest absolute Gasteiger partial charge is 0.0316 e. The van der Waals surface area contributed by atoms with Crippen LogP contribution in [-0.2, 0) is 38.5 Å². The first-order valence-corrected chi connectivity index (χ1v) is 16.4. The topological polar surface area (TPSA) is 52.0 Å². The summed E-state index contributed by atoms with van der Waals surface area (Å²) in [5.41, 5.74) is 24.9. The van der Waals surface area contributed by atoms with Gasteiger partial charge in [0.15, 0.2) is 0 Å². The first-order valence-electron chi connectivity index (χ1n) is 16.4. The van der Waals surface area contributed by atoms with Crippen LogP contribution in [0.1, 0.15) is 110 Å². The van der Waals surface area contributed by atoms with Crippen LogP contribution >= 0.6 is 0 Å². The molecule has 4 N–H and O–H groups in total. The van der Waals surface area contributed by atoms with Crippen LogP contribution in [0.3, 0.4) is 0 Å². The van der Waals surface area contributed by atoms with Crippen molar-refractivity contribution in [2.45, 2.75) is 104 Å². The van der Waals surface area contributed by atoms with Gasteiger partial charge >= 0.3 is 0 Å². The van der Waals surface area contributed by atoms with Crippen LogP contribution in [0, 0.1) is 0 Å². The van der Waals surface area contributed by atoms with Crippen LogP contribution in [0.25, 0.3) is 0 Å². The van der Waals surface area contributed by atoms with E-state index in [1.165, 1.54) is 109 Å². The third-order valence-corrected chi connectivity index (χ3v) is 8.74. The number of rotatable bonds is 17. The van der Waals surface area contributed by atoms with Gasteiger partial charge in [-0.2, -0.15) is 0 Å². The molecule has 0 aliphatic rings. The van der Waals surface area contributed by atoms with Crippen LogP contribution in [0.2, 0.25) is 0 Å². The molecule has 2 heteroatoms. The molecule has 0 saturated carbocycles. The highest BCUT2D eigenvalue weighted by molar-refractivity contribution is 5.47. The van der Waals surface area contributed by atoms with Gasteiger partial charge in [0, 0.05) is 11.4 Å². The Morgan fingerprint density at radius 1 is 0.381 bits per heavy atom. The first kappa shape index (κ1) is 31.4. The molecule has 0 heterocycles. The molecule has 4 rings (SSSR count). The van der Waals surface area contributed by atoms with Gasteiger partial charge in [-0.3, -0.25) is 0 Å². The minimum absolute atomic E-state index is 0.861. The second-order valence-corrected chi connectivity index (χ2v) is 12.1. The Morgan fingerprint density at radius 2 is 0.714 bits per heavy atom. The van der Waals surface area contributed by atoms with Crippen LogP contribution in [0.15, 0.2) is 84.9 Å². The summed E-state index contributed by atoms with van der Waals surface area (Å²) < 4.78 is 0. The molecule has 2 nitrogen and oxygen atoms in total. The molecule has 0 saturated heterocycles. The molecular weight excluding hydrogens is 508 g/mol. The molecule has 0 bridgehead atoms. The SMILES string of the molecule is CCc1cc(N)ccc1Cc1ccc(CCCCCCCCCCc2ccc(Cc3ccc(N)cc3CC)cc2)cc1. The summed E-state index contributed by atoms with van der Waals surface area (Å²) in [6.45, 7) is 4.41. The van der Waals surface area contributed by atoms with Gasteiger partial charge in [-0.25, -0.2) is 0 Å². The number of unbranched alkanes of at least 4 members (excludes halogenated alkanes) is 7. The fourth-order valence-electron chi connectivity index (χ4n) is 6.10. The van der Waals surface area contributed by atoms with Crippen molar-refractivity contribution in [3.05, 3.63) is 129 Å². The third-order valence-electron chi connectivity index (χ3n) is 8.74. The number of aryl methyl sites for hydroxylation is 4. The molecular formula is C40H52N2. The molecule has 4 aromatic rings. The molecule has 0 amide bonds. The highest BCUT2D eigenvalue weighted by atomic mass is 14.5. The summed E-state index contributed by atoms with van der Waals surface area (Å²) in [5, 5.41) is 0. The zero-order valence-electron chi connectivity index (χ0n) is 26.1. The number of anilines is 2. The molecule has 42 heavy (non-hydrogen) atoms. The summed E-state index contributed by atoms with van der Waals surface area (Å²) in [6.07, 6.45) is 17.2. The molecule has 0 aromatic heterocycles. The van der Waals surface area contributed by atoms with E-state index in [2.05, 4.69) is 86.6 Å². The maximum Gasteiger partial charge on any atom is 0.0316 e. The van der Waals surface area contributed by atoms with Gasteiger partial charge in [-0.15, -0.1) is 0 Å². The number of nitrogen functional groups attached to an aromatic ring is 2. The number of hydrogen-bond donors (Lipinski definition) is 2. The second-order valence-electron chi connectivity index (χ2n) is 12.1. The van der Waals surface area contributed by atoms with Crippen molar-refractivity contribution in [3.8, 4) is 0 Å². The minimum atomic E-state index is 0.861. The minimum Gasteiger partial charge on any atom is -0.399 e. The molecule has 0 aliphatic carbocycles. The highest BCUT2D eigenvalue weighted by Crippen LogP contribution is 2.21. The van der Waals surface area contributed by atoms with Gasteiger partial charge in [0.1, 0.15) is 0 Å². The Kier molecular flexibility index (Phi) is 12.6. The Labute approximate surface area is 255 Å². The molecule has 0 spiro atoms. The van der Waals surface area contributed by atoms with Gasteiger partial charge < -0.3 is 11.5 Å². The summed E-state index contributed by atoms with van der Waals surface area (Å²) >= 11 is 0. The van der Waals surface area contributed by atoms with Crippen molar-refractivity contribution in [1.29, 1.82) is 0 Å². The van der Waals surface area contributed by atoms with E-state index in [0.717, 1.165) is 37.1 Å². The number of nitrogens with two attached hydrogens (primary N) is 2. The van der Waals surface area contributed by atoms with E-state index < -0.39 is 0 Å². The van der Waals surface area contributed by atoms with Gasteiger partial charge in [0.05, 0.1) is 0 Å². The molecule has 0 radical (unpaired) electrons. The van der Waals surface area contributed by atoms with E-state index >= 15 is 0 Å². The lowest BCUT2D eigenvalue weighted by Gasteiger charge is -2.10. The van der Waals surface area contributed by atoms with Crippen LogP contribution in [-0.4, -0.2) is 0 Å². The summed E-state index contributed by atoms with van der Waals surface area (Å²) in [5.74, 6) is 0. The highest BCUT2D eigenvalue weighted by Gasteiger charge is 2.05. The monoisotopic (exact) mass is 560 g/mol. The zero-order chi connectivity index (χ0) is 29.6. The average Bonchev–Trinajstić information content (AvgIpc) is 3.01. The third kappa shape index (κ3) is 10.1. The molecule has 222 valence electrons. The predicted molar refractivity (Wildman–Crippen MR) is 183 cm³/mol. The lowest BCUT2D eigenvalue weighted by atomic mass is 9.96. The van der Waals surface area contributed by atoms with Crippen molar-refractivity contribution in [2.24, 2.45) is 0 Å². The molecule has 4 aromatic carbocycles. The molecule has 0 atom stereocenters. The van der Waals surface area contributed by atoms with E-state index in [1.54, 1.807) is 0 Å². The lowest BCUT2D eigenvalue weighted by molar-refractivity contribution is 0.567. The maximum absolute atomic E-state index is 5.97. The van der Waals surface area contributed by atoms with E-state index in [1.807, 2.05) is 12.1 Å². The van der Waals surface area contributed by atoms with Crippen molar-refractivity contribution in [3.63, 3.8) is 0 Å². The van der Waals surface area contributed by atoms with Crippen LogP contribution < -0.4 is 11.5 Å². The predicted octanol–water partition coefficient (Wildman–Crippen LogP) is 10.1. The summed E-state index contributed by atoms with van der Waals surface area (Å²) in [6, 6.07) is 31.2. The number of hydrogen-bond acceptors (Lipinski definition) is 2. The standard InChI is InChI=1S/C40H52N2/c1-3-35-29-39(41)25-23-37(35)27-33-19-15-31(16-20-33)13-11-9-7-5-6-8-10-12-14-32-17-21-34(22-18-32)28-38-24-26-40(42)30-36(38)4-2/h15-26,29-30H,3-14,27-28,41-42H2,1-2H3. The number of benzene rings is 4.